The highest BCUT2D eigenvalue weighted by Gasteiger charge is 2.28. The van der Waals surface area contributed by atoms with E-state index in [2.05, 4.69) is 34.6 Å². The third kappa shape index (κ3) is 4.00. The smallest absolute Gasteiger partial charge is 0.199 e. The van der Waals surface area contributed by atoms with E-state index in [0.717, 1.165) is 62.8 Å². The Labute approximate surface area is 207 Å². The number of aliphatic hydroxyl groups excluding tert-OH is 1. The van der Waals surface area contributed by atoms with E-state index >= 15 is 0 Å². The molecule has 0 saturated heterocycles. The molecule has 1 fully saturated rings. The van der Waals surface area contributed by atoms with Gasteiger partial charge in [0.1, 0.15) is 16.3 Å². The quantitative estimate of drug-likeness (QED) is 0.361. The van der Waals surface area contributed by atoms with Gasteiger partial charge in [-0.1, -0.05) is 30.3 Å². The van der Waals surface area contributed by atoms with Crippen LogP contribution >= 0.6 is 11.3 Å². The van der Waals surface area contributed by atoms with Gasteiger partial charge in [-0.25, -0.2) is 15.0 Å². The van der Waals surface area contributed by atoms with Crippen molar-refractivity contribution in [1.82, 2.24) is 29.3 Å². The number of aryl methyl sites for hydroxylation is 2. The van der Waals surface area contributed by atoms with Crippen molar-refractivity contribution in [2.24, 2.45) is 20.0 Å². The van der Waals surface area contributed by atoms with E-state index in [4.69, 9.17) is 15.1 Å². The van der Waals surface area contributed by atoms with Crippen LogP contribution in [-0.4, -0.2) is 47.1 Å². The summed E-state index contributed by atoms with van der Waals surface area (Å²) in [6.07, 6.45) is 8.59. The summed E-state index contributed by atoms with van der Waals surface area (Å²) >= 11 is 1.64. The van der Waals surface area contributed by atoms with E-state index in [0.29, 0.717) is 11.7 Å². The zero-order chi connectivity index (χ0) is 23.9. The first-order valence-electron chi connectivity index (χ1n) is 11.9. The number of imidazole rings is 1. The van der Waals surface area contributed by atoms with Crippen LogP contribution in [0.4, 0.5) is 5.82 Å². The molecule has 0 aliphatic heterocycles. The second-order valence-electron chi connectivity index (χ2n) is 9.19. The summed E-state index contributed by atoms with van der Waals surface area (Å²) in [4.78, 5) is 16.5. The van der Waals surface area contributed by atoms with Gasteiger partial charge in [-0.2, -0.15) is 5.10 Å². The standard InChI is InChI=1S/C26H27N7OS/c1-32-13-11-27-25(32)24-29-23(28-18-9-8-16(14-18)15-34)21-20(17-6-4-3-5-7-17)22(35-26(21)30-24)19-10-12-33(2)31-19/h3-7,10-13,16,18,34H,8-9,14-15H2,1-2H3,(H,28,29,30)/t16-,18?/m0/s1. The van der Waals surface area contributed by atoms with Crippen LogP contribution in [-0.2, 0) is 14.1 Å². The van der Waals surface area contributed by atoms with Crippen LogP contribution in [0.3, 0.4) is 0 Å². The predicted octanol–water partition coefficient (Wildman–Crippen LogP) is 4.73. The zero-order valence-corrected chi connectivity index (χ0v) is 20.5. The Morgan fingerprint density at radius 3 is 2.63 bits per heavy atom. The summed E-state index contributed by atoms with van der Waals surface area (Å²) in [6, 6.07) is 12.7. The van der Waals surface area contributed by atoms with Gasteiger partial charge in [-0.05, 0) is 36.8 Å². The van der Waals surface area contributed by atoms with Crippen LogP contribution in [0.25, 0.3) is 43.6 Å². The molecule has 0 radical (unpaired) electrons. The van der Waals surface area contributed by atoms with Crippen LogP contribution in [0.5, 0.6) is 0 Å². The summed E-state index contributed by atoms with van der Waals surface area (Å²) in [6.45, 7) is 0.230. The molecule has 2 atom stereocenters. The summed E-state index contributed by atoms with van der Waals surface area (Å²) in [5.74, 6) is 2.47. The maximum Gasteiger partial charge on any atom is 0.199 e. The highest BCUT2D eigenvalue weighted by molar-refractivity contribution is 7.22. The minimum Gasteiger partial charge on any atom is -0.396 e. The lowest BCUT2D eigenvalue weighted by Crippen LogP contribution is -2.18. The molecule has 1 aliphatic carbocycles. The number of hydrogen-bond donors (Lipinski definition) is 2. The van der Waals surface area contributed by atoms with E-state index in [-0.39, 0.29) is 12.6 Å². The average molecular weight is 486 g/mol. The van der Waals surface area contributed by atoms with Crippen LogP contribution in [0, 0.1) is 5.92 Å². The second kappa shape index (κ2) is 8.90. The molecule has 178 valence electrons. The molecule has 2 N–H and O–H groups in total. The van der Waals surface area contributed by atoms with Gasteiger partial charge in [0.15, 0.2) is 11.6 Å². The van der Waals surface area contributed by atoms with Crippen molar-refractivity contribution in [2.45, 2.75) is 25.3 Å². The molecule has 0 spiro atoms. The minimum absolute atomic E-state index is 0.230. The fourth-order valence-electron chi connectivity index (χ4n) is 4.95. The molecule has 5 aromatic rings. The fourth-order valence-corrected chi connectivity index (χ4v) is 6.11. The predicted molar refractivity (Wildman–Crippen MR) is 139 cm³/mol. The lowest BCUT2D eigenvalue weighted by atomic mass is 10.0. The van der Waals surface area contributed by atoms with Crippen molar-refractivity contribution in [1.29, 1.82) is 0 Å². The maximum atomic E-state index is 9.67. The van der Waals surface area contributed by atoms with Crippen molar-refractivity contribution >= 4 is 27.4 Å². The van der Waals surface area contributed by atoms with Crippen LogP contribution < -0.4 is 5.32 Å². The third-order valence-corrected chi connectivity index (χ3v) is 7.83. The summed E-state index contributed by atoms with van der Waals surface area (Å²) in [5.41, 5.74) is 3.12. The molecule has 8 nitrogen and oxygen atoms in total. The lowest BCUT2D eigenvalue weighted by molar-refractivity contribution is 0.229. The van der Waals surface area contributed by atoms with E-state index in [1.54, 1.807) is 17.5 Å². The molecule has 35 heavy (non-hydrogen) atoms. The molecule has 4 heterocycles. The number of nitrogens with one attached hydrogen (secondary N) is 1. The molecule has 1 aliphatic rings. The fraction of sp³-hybridized carbons (Fsp3) is 0.308. The Bertz CT molecular complexity index is 1490. The lowest BCUT2D eigenvalue weighted by Gasteiger charge is -2.16. The van der Waals surface area contributed by atoms with Gasteiger partial charge < -0.3 is 15.0 Å². The van der Waals surface area contributed by atoms with Gasteiger partial charge in [0.05, 0.1) is 10.3 Å². The second-order valence-corrected chi connectivity index (χ2v) is 10.2. The first kappa shape index (κ1) is 21.9. The van der Waals surface area contributed by atoms with E-state index in [1.165, 1.54) is 0 Å². The van der Waals surface area contributed by atoms with Crippen molar-refractivity contribution < 1.29 is 5.11 Å². The number of thiophene rings is 1. The number of anilines is 1. The molecule has 9 heteroatoms. The van der Waals surface area contributed by atoms with Crippen molar-refractivity contribution in [2.75, 3.05) is 11.9 Å². The first-order chi connectivity index (χ1) is 17.1. The van der Waals surface area contributed by atoms with E-state index in [9.17, 15) is 5.11 Å². The zero-order valence-electron chi connectivity index (χ0n) is 19.7. The average Bonchev–Trinajstić information content (AvgIpc) is 3.66. The molecule has 1 saturated carbocycles. The highest BCUT2D eigenvalue weighted by atomic mass is 32.1. The van der Waals surface area contributed by atoms with E-state index < -0.39 is 0 Å². The Morgan fingerprint density at radius 2 is 1.94 bits per heavy atom. The number of benzene rings is 1. The number of nitrogens with zero attached hydrogens (tertiary/aromatic N) is 6. The minimum atomic E-state index is 0.230. The monoisotopic (exact) mass is 485 g/mol. The molecule has 1 aromatic carbocycles. The summed E-state index contributed by atoms with van der Waals surface area (Å²) in [5, 5.41) is 19.1. The van der Waals surface area contributed by atoms with Gasteiger partial charge >= 0.3 is 0 Å². The largest absolute Gasteiger partial charge is 0.396 e. The molecule has 4 aromatic heterocycles. The van der Waals surface area contributed by atoms with Gasteiger partial charge in [-0.3, -0.25) is 4.68 Å². The van der Waals surface area contributed by atoms with Crippen molar-refractivity contribution in [3.05, 3.63) is 55.0 Å². The SMILES string of the molecule is Cn1ccc(-c2sc3nc(-c4nccn4C)nc(NC4CC[C@H](CO)C4)c3c2-c2ccccc2)n1. The van der Waals surface area contributed by atoms with E-state index in [1.807, 2.05) is 47.9 Å². The Morgan fingerprint density at radius 1 is 1.09 bits per heavy atom. The number of aliphatic hydroxyl groups is 1. The van der Waals surface area contributed by atoms with Crippen LogP contribution in [0.15, 0.2) is 55.0 Å². The summed E-state index contributed by atoms with van der Waals surface area (Å²) < 4.78 is 3.76. The van der Waals surface area contributed by atoms with Crippen LogP contribution in [0.2, 0.25) is 0 Å². The third-order valence-electron chi connectivity index (χ3n) is 6.72. The molecular weight excluding hydrogens is 458 g/mol. The molecule has 6 rings (SSSR count). The Balaban J connectivity index is 1.60. The van der Waals surface area contributed by atoms with Gasteiger partial charge in [0, 0.05) is 50.9 Å². The van der Waals surface area contributed by atoms with Gasteiger partial charge in [0.25, 0.3) is 0 Å². The topological polar surface area (TPSA) is 93.7 Å². The van der Waals surface area contributed by atoms with Gasteiger partial charge in [0.2, 0.25) is 0 Å². The number of aromatic nitrogens is 6. The molecule has 1 unspecified atom stereocenters. The number of fused-ring (bicyclic) bond motifs is 1. The maximum absolute atomic E-state index is 9.67. The number of rotatable bonds is 6. The summed E-state index contributed by atoms with van der Waals surface area (Å²) in [7, 11) is 3.89. The molecule has 0 bridgehead atoms. The van der Waals surface area contributed by atoms with Gasteiger partial charge in [-0.15, -0.1) is 11.3 Å². The normalized spacial score (nSPS) is 17.9. The first-order valence-corrected chi connectivity index (χ1v) is 12.7. The Kier molecular flexibility index (Phi) is 5.58. The van der Waals surface area contributed by atoms with Crippen LogP contribution in [0.1, 0.15) is 19.3 Å². The highest BCUT2D eigenvalue weighted by Crippen LogP contribution is 2.47. The van der Waals surface area contributed by atoms with Crippen molar-refractivity contribution in [3.63, 3.8) is 0 Å². The molecular formula is C26H27N7OS. The Hall–Kier alpha value is -3.56. The number of hydrogen-bond acceptors (Lipinski definition) is 7. The molecule has 0 amide bonds. The van der Waals surface area contributed by atoms with Crippen molar-refractivity contribution in [3.8, 4) is 33.3 Å².